The SMILES string of the molecule is CCOc1cc(=[N+](CC)CC)cc2oc3ccccc3nc1-2. The molecule has 114 valence electrons. The third-order valence-electron chi connectivity index (χ3n) is 3.77. The minimum atomic E-state index is 0.602. The van der Waals surface area contributed by atoms with Gasteiger partial charge in [0.25, 0.3) is 0 Å². The zero-order valence-corrected chi connectivity index (χ0v) is 13.3. The van der Waals surface area contributed by atoms with Crippen molar-refractivity contribution in [1.29, 1.82) is 0 Å². The van der Waals surface area contributed by atoms with Crippen LogP contribution >= 0.6 is 0 Å². The van der Waals surface area contributed by atoms with Gasteiger partial charge in [0.15, 0.2) is 17.1 Å². The van der Waals surface area contributed by atoms with Crippen LogP contribution in [0.2, 0.25) is 0 Å². The van der Waals surface area contributed by atoms with Crippen LogP contribution in [0.4, 0.5) is 0 Å². The fourth-order valence-corrected chi connectivity index (χ4v) is 2.67. The van der Waals surface area contributed by atoms with Crippen LogP contribution in [-0.2, 0) is 0 Å². The van der Waals surface area contributed by atoms with Gasteiger partial charge >= 0.3 is 0 Å². The molecule has 0 bridgehead atoms. The summed E-state index contributed by atoms with van der Waals surface area (Å²) in [5.74, 6) is 1.53. The van der Waals surface area contributed by atoms with Gasteiger partial charge in [-0.05, 0) is 32.9 Å². The number of aromatic nitrogens is 1. The van der Waals surface area contributed by atoms with Crippen molar-refractivity contribution >= 4 is 11.1 Å². The number of fused-ring (bicyclic) bond motifs is 2. The molecule has 0 aromatic heterocycles. The topological polar surface area (TPSA) is 38.3 Å². The van der Waals surface area contributed by atoms with Crippen molar-refractivity contribution in [3.05, 3.63) is 41.8 Å². The molecule has 1 aliphatic carbocycles. The van der Waals surface area contributed by atoms with E-state index in [-0.39, 0.29) is 0 Å². The molecular formula is C18H21N2O2+. The summed E-state index contributed by atoms with van der Waals surface area (Å²) in [7, 11) is 0. The Labute approximate surface area is 130 Å². The second-order valence-electron chi connectivity index (χ2n) is 5.08. The molecule has 0 fully saturated rings. The standard InChI is InChI=1S/C18H21N2O2/c1-4-20(5-2)13-11-16(21-6-3)18-17(12-13)22-15-10-8-7-9-14(15)19-18/h7-12H,4-6H2,1-3H3/q+1. The molecule has 1 aliphatic heterocycles. The lowest BCUT2D eigenvalue weighted by Gasteiger charge is -2.11. The molecule has 0 atom stereocenters. The van der Waals surface area contributed by atoms with Crippen LogP contribution in [0.5, 0.6) is 5.75 Å². The Kier molecular flexibility index (Phi) is 4.09. The molecule has 0 saturated heterocycles. The van der Waals surface area contributed by atoms with Gasteiger partial charge in [0.2, 0.25) is 5.36 Å². The lowest BCUT2D eigenvalue weighted by atomic mass is 10.2. The summed E-state index contributed by atoms with van der Waals surface area (Å²) in [6, 6.07) is 11.9. The average molecular weight is 297 g/mol. The smallest absolute Gasteiger partial charge is 0.207 e. The maximum absolute atomic E-state index is 6.04. The first kappa shape index (κ1) is 14.6. The Morgan fingerprint density at radius 3 is 2.59 bits per heavy atom. The van der Waals surface area contributed by atoms with Gasteiger partial charge in [0.1, 0.15) is 24.3 Å². The van der Waals surface area contributed by atoms with Crippen molar-refractivity contribution in [3.63, 3.8) is 0 Å². The van der Waals surface area contributed by atoms with Crippen LogP contribution in [0, 0.1) is 0 Å². The highest BCUT2D eigenvalue weighted by molar-refractivity contribution is 5.77. The maximum atomic E-state index is 6.04. The Morgan fingerprint density at radius 2 is 1.86 bits per heavy atom. The molecule has 2 aliphatic rings. The summed E-state index contributed by atoms with van der Waals surface area (Å²) in [5, 5.41) is 1.10. The monoisotopic (exact) mass is 297 g/mol. The molecule has 0 unspecified atom stereocenters. The van der Waals surface area contributed by atoms with Crippen LogP contribution in [-0.4, -0.2) is 24.7 Å². The van der Waals surface area contributed by atoms with E-state index in [1.165, 1.54) is 0 Å². The summed E-state index contributed by atoms with van der Waals surface area (Å²) in [6.45, 7) is 8.75. The molecule has 3 rings (SSSR count). The van der Waals surface area contributed by atoms with Crippen molar-refractivity contribution in [2.75, 3.05) is 19.7 Å². The van der Waals surface area contributed by atoms with Crippen LogP contribution in [0.1, 0.15) is 20.8 Å². The normalized spacial score (nSPS) is 11.0. The lowest BCUT2D eigenvalue weighted by molar-refractivity contribution is 0.338. The van der Waals surface area contributed by atoms with Crippen LogP contribution in [0.25, 0.3) is 22.6 Å². The first-order chi connectivity index (χ1) is 10.8. The predicted molar refractivity (Wildman–Crippen MR) is 88.2 cm³/mol. The molecule has 4 heteroatoms. The highest BCUT2D eigenvalue weighted by atomic mass is 16.5. The van der Waals surface area contributed by atoms with E-state index in [1.807, 2.05) is 37.3 Å². The lowest BCUT2D eigenvalue weighted by Crippen LogP contribution is -2.29. The minimum Gasteiger partial charge on any atom is -0.491 e. The van der Waals surface area contributed by atoms with Gasteiger partial charge in [-0.1, -0.05) is 12.1 Å². The predicted octanol–water partition coefficient (Wildman–Crippen LogP) is 3.14. The molecule has 0 N–H and O–H groups in total. The zero-order valence-electron chi connectivity index (χ0n) is 13.3. The van der Waals surface area contributed by atoms with Crippen LogP contribution < -0.4 is 14.7 Å². The number of benzene rings is 2. The fourth-order valence-electron chi connectivity index (χ4n) is 2.67. The third kappa shape index (κ3) is 2.56. The first-order valence-corrected chi connectivity index (χ1v) is 7.81. The number of para-hydroxylation sites is 2. The van der Waals surface area contributed by atoms with E-state index in [1.54, 1.807) is 0 Å². The second-order valence-corrected chi connectivity index (χ2v) is 5.08. The minimum absolute atomic E-state index is 0.602. The Morgan fingerprint density at radius 1 is 1.09 bits per heavy atom. The van der Waals surface area contributed by atoms with E-state index >= 15 is 0 Å². The average Bonchev–Trinajstić information content (AvgIpc) is 2.54. The molecule has 0 amide bonds. The fraction of sp³-hybridized carbons (Fsp3) is 0.333. The van der Waals surface area contributed by atoms with E-state index in [0.29, 0.717) is 6.61 Å². The number of nitrogens with zero attached hydrogens (tertiary/aromatic N) is 2. The summed E-state index contributed by atoms with van der Waals surface area (Å²) in [4.78, 5) is 4.71. The van der Waals surface area contributed by atoms with Crippen molar-refractivity contribution in [2.24, 2.45) is 0 Å². The van der Waals surface area contributed by atoms with Gasteiger partial charge < -0.3 is 9.15 Å². The van der Waals surface area contributed by atoms with Crippen LogP contribution in [0.3, 0.4) is 0 Å². The highest BCUT2D eigenvalue weighted by Gasteiger charge is 2.18. The van der Waals surface area contributed by atoms with Crippen molar-refractivity contribution in [3.8, 4) is 17.2 Å². The number of rotatable bonds is 4. The van der Waals surface area contributed by atoms with E-state index in [0.717, 1.165) is 46.8 Å². The number of hydrogen-bond acceptors (Lipinski definition) is 3. The van der Waals surface area contributed by atoms with E-state index in [4.69, 9.17) is 14.1 Å². The third-order valence-corrected chi connectivity index (χ3v) is 3.77. The number of ether oxygens (including phenoxy) is 1. The molecule has 4 nitrogen and oxygen atoms in total. The van der Waals surface area contributed by atoms with Gasteiger partial charge in [-0.3, -0.25) is 0 Å². The molecule has 1 heterocycles. The second kappa shape index (κ2) is 6.18. The van der Waals surface area contributed by atoms with Gasteiger partial charge in [0, 0.05) is 0 Å². The summed E-state index contributed by atoms with van der Waals surface area (Å²) in [6.07, 6.45) is 0. The van der Waals surface area contributed by atoms with E-state index < -0.39 is 0 Å². The Bertz CT molecular complexity index is 830. The van der Waals surface area contributed by atoms with Crippen LogP contribution in [0.15, 0.2) is 40.8 Å². The maximum Gasteiger partial charge on any atom is 0.207 e. The Balaban J connectivity index is 2.37. The van der Waals surface area contributed by atoms with Gasteiger partial charge in [-0.25, -0.2) is 9.56 Å². The quantitative estimate of drug-likeness (QED) is 0.548. The van der Waals surface area contributed by atoms with Gasteiger partial charge in [-0.15, -0.1) is 0 Å². The largest absolute Gasteiger partial charge is 0.491 e. The molecule has 0 spiro atoms. The summed E-state index contributed by atoms with van der Waals surface area (Å²) < 4.78 is 14.1. The van der Waals surface area contributed by atoms with Crippen molar-refractivity contribution < 1.29 is 9.15 Å². The molecule has 0 radical (unpaired) electrons. The van der Waals surface area contributed by atoms with E-state index in [2.05, 4.69) is 24.5 Å². The zero-order chi connectivity index (χ0) is 15.5. The molecule has 0 saturated carbocycles. The Hall–Kier alpha value is -2.36. The summed E-state index contributed by atoms with van der Waals surface area (Å²) in [5.41, 5.74) is 2.40. The van der Waals surface area contributed by atoms with Crippen molar-refractivity contribution in [1.82, 2.24) is 9.56 Å². The van der Waals surface area contributed by atoms with Gasteiger partial charge in [0.05, 0.1) is 18.7 Å². The van der Waals surface area contributed by atoms with Gasteiger partial charge in [-0.2, -0.15) is 0 Å². The molecule has 1 aromatic carbocycles. The number of hydrogen-bond donors (Lipinski definition) is 0. The first-order valence-electron chi connectivity index (χ1n) is 7.81. The molecular weight excluding hydrogens is 276 g/mol. The van der Waals surface area contributed by atoms with E-state index in [9.17, 15) is 0 Å². The summed E-state index contributed by atoms with van der Waals surface area (Å²) >= 11 is 0. The highest BCUT2D eigenvalue weighted by Crippen LogP contribution is 2.31. The van der Waals surface area contributed by atoms with Crippen molar-refractivity contribution in [2.45, 2.75) is 20.8 Å². The molecule has 1 aromatic rings. The molecule has 22 heavy (non-hydrogen) atoms.